The molecule has 0 spiro atoms. The number of carbonyl (C=O) groups is 1. The van der Waals surface area contributed by atoms with E-state index in [0.717, 1.165) is 19.4 Å². The highest BCUT2D eigenvalue weighted by Crippen LogP contribution is 2.26. The van der Waals surface area contributed by atoms with Crippen LogP contribution in [0, 0.1) is 11.8 Å². The summed E-state index contributed by atoms with van der Waals surface area (Å²) >= 11 is 0. The maximum Gasteiger partial charge on any atom is 0.309 e. The molecule has 1 rings (SSSR count). The Hall–Kier alpha value is -0.570. The molecule has 1 aliphatic rings. The Kier molecular flexibility index (Phi) is 3.09. The van der Waals surface area contributed by atoms with E-state index in [4.69, 9.17) is 9.84 Å². The molecule has 3 heteroatoms. The molecular formula is C9H16O3. The number of carboxylic acids is 1. The number of rotatable bonds is 3. The molecular weight excluding hydrogens is 156 g/mol. The summed E-state index contributed by atoms with van der Waals surface area (Å²) in [6.45, 7) is 4.59. The molecule has 0 aromatic heterocycles. The Labute approximate surface area is 72.7 Å². The third kappa shape index (κ3) is 1.97. The lowest BCUT2D eigenvalue weighted by molar-refractivity contribution is -0.148. The van der Waals surface area contributed by atoms with Gasteiger partial charge in [0, 0.05) is 6.61 Å². The van der Waals surface area contributed by atoms with Crippen molar-refractivity contribution in [3.8, 4) is 0 Å². The van der Waals surface area contributed by atoms with Crippen LogP contribution in [0.2, 0.25) is 0 Å². The van der Waals surface area contributed by atoms with Crippen molar-refractivity contribution < 1.29 is 14.6 Å². The highest BCUT2D eigenvalue weighted by molar-refractivity contribution is 5.71. The molecule has 1 heterocycles. The lowest BCUT2D eigenvalue weighted by atomic mass is 9.89. The highest BCUT2D eigenvalue weighted by atomic mass is 16.5. The van der Waals surface area contributed by atoms with E-state index in [2.05, 4.69) is 0 Å². The molecule has 1 saturated heterocycles. The summed E-state index contributed by atoms with van der Waals surface area (Å²) in [5.41, 5.74) is 0. The normalized spacial score (nSPS) is 26.1. The third-order valence-electron chi connectivity index (χ3n) is 2.37. The predicted molar refractivity (Wildman–Crippen MR) is 44.9 cm³/mol. The quantitative estimate of drug-likeness (QED) is 0.702. The molecule has 0 bridgehead atoms. The van der Waals surface area contributed by atoms with Crippen molar-refractivity contribution in [2.75, 3.05) is 6.61 Å². The number of hydrogen-bond donors (Lipinski definition) is 1. The average molecular weight is 172 g/mol. The number of ether oxygens (including phenoxy) is 1. The standard InChI is InChI=1S/C9H16O3/c1-6(2)8(9(10)11)7-4-3-5-12-7/h6-8H,3-5H2,1-2H3,(H,10,11). The second-order valence-corrected chi connectivity index (χ2v) is 3.66. The minimum Gasteiger partial charge on any atom is -0.481 e. The van der Waals surface area contributed by atoms with Crippen molar-refractivity contribution in [1.82, 2.24) is 0 Å². The zero-order valence-corrected chi connectivity index (χ0v) is 7.62. The summed E-state index contributed by atoms with van der Waals surface area (Å²) < 4.78 is 5.36. The predicted octanol–water partition coefficient (Wildman–Crippen LogP) is 1.52. The van der Waals surface area contributed by atoms with Crippen LogP contribution in [0.4, 0.5) is 0 Å². The largest absolute Gasteiger partial charge is 0.481 e. The fourth-order valence-electron chi connectivity index (χ4n) is 1.76. The van der Waals surface area contributed by atoms with Crippen molar-refractivity contribution in [2.45, 2.75) is 32.8 Å². The van der Waals surface area contributed by atoms with Crippen LogP contribution in [0.3, 0.4) is 0 Å². The lowest BCUT2D eigenvalue weighted by Gasteiger charge is -2.21. The number of aliphatic carboxylic acids is 1. The number of hydrogen-bond acceptors (Lipinski definition) is 2. The van der Waals surface area contributed by atoms with Crippen LogP contribution >= 0.6 is 0 Å². The summed E-state index contributed by atoms with van der Waals surface area (Å²) in [4.78, 5) is 10.8. The van der Waals surface area contributed by atoms with E-state index in [0.29, 0.717) is 0 Å². The Morgan fingerprint density at radius 3 is 2.58 bits per heavy atom. The van der Waals surface area contributed by atoms with Crippen LogP contribution in [-0.4, -0.2) is 23.8 Å². The smallest absolute Gasteiger partial charge is 0.309 e. The molecule has 2 atom stereocenters. The molecule has 0 saturated carbocycles. The Balaban J connectivity index is 2.58. The molecule has 0 amide bonds. The Morgan fingerprint density at radius 2 is 2.25 bits per heavy atom. The van der Waals surface area contributed by atoms with E-state index in [1.165, 1.54) is 0 Å². The summed E-state index contributed by atoms with van der Waals surface area (Å²) in [5, 5.41) is 8.92. The first-order valence-electron chi connectivity index (χ1n) is 4.47. The van der Waals surface area contributed by atoms with Gasteiger partial charge >= 0.3 is 5.97 Å². The van der Waals surface area contributed by atoms with Crippen LogP contribution < -0.4 is 0 Å². The first kappa shape index (κ1) is 9.52. The Morgan fingerprint density at radius 1 is 1.58 bits per heavy atom. The number of carboxylic acid groups (broad SMARTS) is 1. The fourth-order valence-corrected chi connectivity index (χ4v) is 1.76. The van der Waals surface area contributed by atoms with Gasteiger partial charge in [-0.1, -0.05) is 13.8 Å². The van der Waals surface area contributed by atoms with E-state index in [1.807, 2.05) is 13.8 Å². The van der Waals surface area contributed by atoms with Gasteiger partial charge in [-0.15, -0.1) is 0 Å². The zero-order chi connectivity index (χ0) is 9.14. The van der Waals surface area contributed by atoms with Gasteiger partial charge in [0.2, 0.25) is 0 Å². The molecule has 0 radical (unpaired) electrons. The van der Waals surface area contributed by atoms with Crippen LogP contribution in [0.1, 0.15) is 26.7 Å². The van der Waals surface area contributed by atoms with Gasteiger partial charge in [0.05, 0.1) is 12.0 Å². The van der Waals surface area contributed by atoms with E-state index < -0.39 is 5.97 Å². The van der Waals surface area contributed by atoms with E-state index in [-0.39, 0.29) is 17.9 Å². The zero-order valence-electron chi connectivity index (χ0n) is 7.62. The molecule has 12 heavy (non-hydrogen) atoms. The minimum atomic E-state index is -0.725. The molecule has 70 valence electrons. The van der Waals surface area contributed by atoms with E-state index >= 15 is 0 Å². The maximum atomic E-state index is 10.8. The second-order valence-electron chi connectivity index (χ2n) is 3.66. The summed E-state index contributed by atoms with van der Waals surface area (Å²) in [7, 11) is 0. The molecule has 0 aromatic carbocycles. The van der Waals surface area contributed by atoms with Crippen LogP contribution in [0.25, 0.3) is 0 Å². The van der Waals surface area contributed by atoms with Gasteiger partial charge in [0.1, 0.15) is 0 Å². The average Bonchev–Trinajstić information content (AvgIpc) is 2.37. The molecule has 2 unspecified atom stereocenters. The van der Waals surface area contributed by atoms with Crippen molar-refractivity contribution in [1.29, 1.82) is 0 Å². The van der Waals surface area contributed by atoms with Crippen molar-refractivity contribution in [2.24, 2.45) is 11.8 Å². The van der Waals surface area contributed by atoms with Crippen molar-refractivity contribution in [3.63, 3.8) is 0 Å². The van der Waals surface area contributed by atoms with Crippen LogP contribution in [0.15, 0.2) is 0 Å². The van der Waals surface area contributed by atoms with Gasteiger partial charge in [-0.2, -0.15) is 0 Å². The fraction of sp³-hybridized carbons (Fsp3) is 0.889. The highest BCUT2D eigenvalue weighted by Gasteiger charge is 2.33. The topological polar surface area (TPSA) is 46.5 Å². The SMILES string of the molecule is CC(C)C(C(=O)O)C1CCCO1. The van der Waals surface area contributed by atoms with Gasteiger partial charge < -0.3 is 9.84 Å². The summed E-state index contributed by atoms with van der Waals surface area (Å²) in [6, 6.07) is 0. The van der Waals surface area contributed by atoms with Gasteiger partial charge in [-0.25, -0.2) is 0 Å². The summed E-state index contributed by atoms with van der Waals surface area (Å²) in [5.74, 6) is -0.894. The van der Waals surface area contributed by atoms with Crippen molar-refractivity contribution in [3.05, 3.63) is 0 Å². The van der Waals surface area contributed by atoms with E-state index in [9.17, 15) is 4.79 Å². The molecule has 0 aliphatic carbocycles. The first-order chi connectivity index (χ1) is 5.63. The van der Waals surface area contributed by atoms with Gasteiger partial charge in [0.15, 0.2) is 0 Å². The lowest BCUT2D eigenvalue weighted by Crippen LogP contribution is -2.31. The molecule has 0 aromatic rings. The van der Waals surface area contributed by atoms with Crippen LogP contribution in [0.5, 0.6) is 0 Å². The minimum absolute atomic E-state index is 0.0532. The molecule has 1 fully saturated rings. The molecule has 3 nitrogen and oxygen atoms in total. The monoisotopic (exact) mass is 172 g/mol. The summed E-state index contributed by atoms with van der Waals surface area (Å²) in [6.07, 6.45) is 1.85. The molecule has 1 N–H and O–H groups in total. The third-order valence-corrected chi connectivity index (χ3v) is 2.37. The second kappa shape index (κ2) is 3.90. The Bertz CT molecular complexity index is 159. The maximum absolute atomic E-state index is 10.8. The van der Waals surface area contributed by atoms with Gasteiger partial charge in [-0.05, 0) is 18.8 Å². The van der Waals surface area contributed by atoms with Gasteiger partial charge in [-0.3, -0.25) is 4.79 Å². The first-order valence-corrected chi connectivity index (χ1v) is 4.47. The van der Waals surface area contributed by atoms with Gasteiger partial charge in [0.25, 0.3) is 0 Å². The van der Waals surface area contributed by atoms with Crippen molar-refractivity contribution >= 4 is 5.97 Å². The van der Waals surface area contributed by atoms with Crippen LogP contribution in [-0.2, 0) is 9.53 Å². The van der Waals surface area contributed by atoms with E-state index in [1.54, 1.807) is 0 Å². The molecule has 1 aliphatic heterocycles.